The van der Waals surface area contributed by atoms with E-state index in [4.69, 9.17) is 5.73 Å². The third-order valence-electron chi connectivity index (χ3n) is 3.80. The summed E-state index contributed by atoms with van der Waals surface area (Å²) in [5.41, 5.74) is 9.44. The van der Waals surface area contributed by atoms with Gasteiger partial charge in [0.15, 0.2) is 0 Å². The van der Waals surface area contributed by atoms with E-state index in [-0.39, 0.29) is 11.4 Å². The fraction of sp³-hybridized carbons (Fsp3) is 0.562. The zero-order chi connectivity index (χ0) is 14.6. The SMILES string of the molecule is CCC(C)(CCN)NC(=O)c1c(C)cc(C)cc1C. The molecule has 106 valence electrons. The number of carbonyl (C=O) groups excluding carboxylic acids is 1. The van der Waals surface area contributed by atoms with Crippen molar-refractivity contribution < 1.29 is 4.79 Å². The number of aryl methyl sites for hydroxylation is 3. The molecule has 0 aliphatic heterocycles. The van der Waals surface area contributed by atoms with E-state index >= 15 is 0 Å². The lowest BCUT2D eigenvalue weighted by Gasteiger charge is -2.30. The van der Waals surface area contributed by atoms with Gasteiger partial charge in [-0.1, -0.05) is 24.6 Å². The Hall–Kier alpha value is -1.35. The Bertz CT molecular complexity index is 445. The quantitative estimate of drug-likeness (QED) is 0.857. The smallest absolute Gasteiger partial charge is 0.252 e. The Kier molecular flexibility index (Phi) is 5.12. The first-order valence-corrected chi connectivity index (χ1v) is 6.93. The van der Waals surface area contributed by atoms with E-state index in [2.05, 4.69) is 19.2 Å². The molecule has 0 saturated carbocycles. The predicted molar refractivity (Wildman–Crippen MR) is 80.5 cm³/mol. The average molecular weight is 262 g/mol. The van der Waals surface area contributed by atoms with Crippen molar-refractivity contribution in [2.24, 2.45) is 5.73 Å². The largest absolute Gasteiger partial charge is 0.347 e. The van der Waals surface area contributed by atoms with Crippen LogP contribution >= 0.6 is 0 Å². The second-order valence-electron chi connectivity index (χ2n) is 5.68. The molecule has 0 spiro atoms. The van der Waals surface area contributed by atoms with Gasteiger partial charge in [-0.2, -0.15) is 0 Å². The van der Waals surface area contributed by atoms with Crippen molar-refractivity contribution in [2.75, 3.05) is 6.54 Å². The minimum atomic E-state index is -0.227. The van der Waals surface area contributed by atoms with Gasteiger partial charge in [0.25, 0.3) is 5.91 Å². The molecule has 0 heterocycles. The van der Waals surface area contributed by atoms with Crippen molar-refractivity contribution in [1.82, 2.24) is 5.32 Å². The monoisotopic (exact) mass is 262 g/mol. The highest BCUT2D eigenvalue weighted by Gasteiger charge is 2.25. The number of carbonyl (C=O) groups is 1. The van der Waals surface area contributed by atoms with Crippen molar-refractivity contribution >= 4 is 5.91 Å². The Morgan fingerprint density at radius 2 is 1.79 bits per heavy atom. The van der Waals surface area contributed by atoms with Gasteiger partial charge in [0.05, 0.1) is 0 Å². The van der Waals surface area contributed by atoms with Gasteiger partial charge in [-0.3, -0.25) is 4.79 Å². The molecule has 1 atom stereocenters. The molecule has 3 N–H and O–H groups in total. The molecule has 3 nitrogen and oxygen atoms in total. The molecule has 1 unspecified atom stereocenters. The number of hydrogen-bond acceptors (Lipinski definition) is 2. The summed E-state index contributed by atoms with van der Waals surface area (Å²) in [6.45, 7) is 10.7. The number of rotatable bonds is 5. The van der Waals surface area contributed by atoms with E-state index in [9.17, 15) is 4.79 Å². The molecular formula is C16H26N2O. The molecule has 1 aromatic carbocycles. The average Bonchev–Trinajstić information content (AvgIpc) is 2.27. The summed E-state index contributed by atoms with van der Waals surface area (Å²) < 4.78 is 0. The van der Waals surface area contributed by atoms with Gasteiger partial charge in [0.2, 0.25) is 0 Å². The fourth-order valence-electron chi connectivity index (χ4n) is 2.52. The molecule has 0 aliphatic rings. The third-order valence-corrected chi connectivity index (χ3v) is 3.80. The number of amides is 1. The topological polar surface area (TPSA) is 55.1 Å². The molecule has 0 fully saturated rings. The molecule has 0 bridgehead atoms. The zero-order valence-corrected chi connectivity index (χ0v) is 12.8. The maximum atomic E-state index is 12.5. The molecule has 19 heavy (non-hydrogen) atoms. The summed E-state index contributed by atoms with van der Waals surface area (Å²) >= 11 is 0. The van der Waals surface area contributed by atoms with Crippen molar-refractivity contribution in [3.05, 3.63) is 34.4 Å². The highest BCUT2D eigenvalue weighted by Crippen LogP contribution is 2.19. The summed E-state index contributed by atoms with van der Waals surface area (Å²) in [7, 11) is 0. The molecule has 0 saturated heterocycles. The highest BCUT2D eigenvalue weighted by molar-refractivity contribution is 5.97. The number of hydrogen-bond donors (Lipinski definition) is 2. The van der Waals surface area contributed by atoms with Crippen molar-refractivity contribution in [3.8, 4) is 0 Å². The number of benzene rings is 1. The Morgan fingerprint density at radius 1 is 1.26 bits per heavy atom. The molecule has 3 heteroatoms. The second-order valence-corrected chi connectivity index (χ2v) is 5.68. The first-order valence-electron chi connectivity index (χ1n) is 6.93. The zero-order valence-electron chi connectivity index (χ0n) is 12.8. The van der Waals surface area contributed by atoms with E-state index in [0.717, 1.165) is 29.5 Å². The molecule has 1 amide bonds. The minimum Gasteiger partial charge on any atom is -0.347 e. The lowest BCUT2D eigenvalue weighted by atomic mass is 9.92. The normalized spacial score (nSPS) is 14.0. The van der Waals surface area contributed by atoms with Gasteiger partial charge < -0.3 is 11.1 Å². The standard InChI is InChI=1S/C16H26N2O/c1-6-16(5,7-8-17)18-15(19)14-12(3)9-11(2)10-13(14)4/h9-10H,6-8,17H2,1-5H3,(H,18,19). The van der Waals surface area contributed by atoms with Crippen LogP contribution in [0.5, 0.6) is 0 Å². The van der Waals surface area contributed by atoms with Crippen molar-refractivity contribution in [3.63, 3.8) is 0 Å². The molecule has 0 aliphatic carbocycles. The van der Waals surface area contributed by atoms with Crippen LogP contribution < -0.4 is 11.1 Å². The van der Waals surface area contributed by atoms with Gasteiger partial charge in [-0.05, 0) is 58.2 Å². The van der Waals surface area contributed by atoms with Crippen LogP contribution in [0.25, 0.3) is 0 Å². The first-order chi connectivity index (χ1) is 8.83. The lowest BCUT2D eigenvalue weighted by molar-refractivity contribution is 0.0898. The van der Waals surface area contributed by atoms with Gasteiger partial charge >= 0.3 is 0 Å². The molecule has 1 aromatic rings. The van der Waals surface area contributed by atoms with E-state index in [1.54, 1.807) is 0 Å². The minimum absolute atomic E-state index is 0.00722. The number of nitrogens with one attached hydrogen (secondary N) is 1. The van der Waals surface area contributed by atoms with Gasteiger partial charge in [0.1, 0.15) is 0 Å². The van der Waals surface area contributed by atoms with Crippen LogP contribution in [0.2, 0.25) is 0 Å². The summed E-state index contributed by atoms with van der Waals surface area (Å²) in [5.74, 6) is 0.00722. The van der Waals surface area contributed by atoms with Crippen molar-refractivity contribution in [1.29, 1.82) is 0 Å². The van der Waals surface area contributed by atoms with Crippen LogP contribution in [-0.2, 0) is 0 Å². The van der Waals surface area contributed by atoms with Gasteiger partial charge in [0, 0.05) is 11.1 Å². The maximum Gasteiger partial charge on any atom is 0.252 e. The molecule has 0 aromatic heterocycles. The Balaban J connectivity index is 3.02. The fourth-order valence-corrected chi connectivity index (χ4v) is 2.52. The maximum absolute atomic E-state index is 12.5. The summed E-state index contributed by atoms with van der Waals surface area (Å²) in [4.78, 5) is 12.5. The van der Waals surface area contributed by atoms with Crippen LogP contribution in [0.15, 0.2) is 12.1 Å². The van der Waals surface area contributed by atoms with Crippen LogP contribution in [0.3, 0.4) is 0 Å². The Morgan fingerprint density at radius 3 is 2.21 bits per heavy atom. The van der Waals surface area contributed by atoms with Crippen LogP contribution in [0.4, 0.5) is 0 Å². The Labute approximate surface area is 116 Å². The lowest BCUT2D eigenvalue weighted by Crippen LogP contribution is -2.47. The third kappa shape index (κ3) is 3.80. The van der Waals surface area contributed by atoms with E-state index in [1.807, 2.05) is 32.9 Å². The molecule has 1 rings (SSSR count). The summed E-state index contributed by atoms with van der Waals surface area (Å²) in [6, 6.07) is 4.10. The van der Waals surface area contributed by atoms with E-state index < -0.39 is 0 Å². The second kappa shape index (κ2) is 6.20. The van der Waals surface area contributed by atoms with E-state index in [0.29, 0.717) is 6.54 Å². The number of nitrogens with two attached hydrogens (primary N) is 1. The molecule has 0 radical (unpaired) electrons. The van der Waals surface area contributed by atoms with Crippen LogP contribution in [0.1, 0.15) is 53.7 Å². The van der Waals surface area contributed by atoms with Gasteiger partial charge in [-0.15, -0.1) is 0 Å². The predicted octanol–water partition coefficient (Wildman–Crippen LogP) is 2.86. The van der Waals surface area contributed by atoms with Crippen LogP contribution in [-0.4, -0.2) is 18.0 Å². The molecular weight excluding hydrogens is 236 g/mol. The first kappa shape index (κ1) is 15.7. The highest BCUT2D eigenvalue weighted by atomic mass is 16.1. The summed E-state index contributed by atoms with van der Waals surface area (Å²) in [6.07, 6.45) is 1.67. The van der Waals surface area contributed by atoms with E-state index in [1.165, 1.54) is 5.56 Å². The van der Waals surface area contributed by atoms with Crippen LogP contribution in [0, 0.1) is 20.8 Å². The summed E-state index contributed by atoms with van der Waals surface area (Å²) in [5, 5.41) is 3.14. The van der Waals surface area contributed by atoms with Crippen molar-refractivity contribution in [2.45, 2.75) is 53.0 Å². The van der Waals surface area contributed by atoms with Gasteiger partial charge in [-0.25, -0.2) is 0 Å².